The number of hydrogen-bond acceptors (Lipinski definition) is 6. The van der Waals surface area contributed by atoms with Gasteiger partial charge in [0.05, 0.1) is 0 Å². The Labute approximate surface area is 494 Å². The summed E-state index contributed by atoms with van der Waals surface area (Å²) >= 11 is 0. The van der Waals surface area contributed by atoms with Crippen LogP contribution < -0.4 is 0 Å². The first kappa shape index (κ1) is 75.8. The molecule has 0 aromatic carbocycles. The maximum absolute atomic E-state index is 12.9. The van der Waals surface area contributed by atoms with E-state index in [2.05, 4.69) is 142 Å². The highest BCUT2D eigenvalue weighted by molar-refractivity contribution is 5.71. The molecule has 0 amide bonds. The fourth-order valence-corrected chi connectivity index (χ4v) is 9.21. The van der Waals surface area contributed by atoms with Crippen molar-refractivity contribution in [3.05, 3.63) is 122 Å². The van der Waals surface area contributed by atoms with Gasteiger partial charge in [0.1, 0.15) is 13.2 Å². The van der Waals surface area contributed by atoms with Gasteiger partial charge >= 0.3 is 17.9 Å². The maximum atomic E-state index is 12.9. The lowest BCUT2D eigenvalue weighted by Gasteiger charge is -2.18. The van der Waals surface area contributed by atoms with Gasteiger partial charge in [-0.15, -0.1) is 0 Å². The van der Waals surface area contributed by atoms with Crippen LogP contribution in [0.4, 0.5) is 0 Å². The normalized spacial score (nSPS) is 12.9. The fourth-order valence-electron chi connectivity index (χ4n) is 9.21. The molecule has 0 N–H and O–H groups in total. The molecule has 456 valence electrons. The van der Waals surface area contributed by atoms with E-state index < -0.39 is 6.10 Å². The van der Waals surface area contributed by atoms with Crippen molar-refractivity contribution in [3.63, 3.8) is 0 Å². The molecule has 0 saturated carbocycles. The molecule has 0 aliphatic carbocycles. The SMILES string of the molecule is CC/C=C\C/C=C\C/C=C\C/C=C\C/C=C\CCCCCCCCCCCCCCCCCCCC(=O)OCC(COC(=O)CCCCCCC/C=C\C/C=C\CCCC)OC(=O)CCCCCCC/C=C\C/C=C\C/C=C\CC. The number of allylic oxidation sites excluding steroid dienone is 20. The second-order valence-electron chi connectivity index (χ2n) is 22.0. The lowest BCUT2D eigenvalue weighted by molar-refractivity contribution is -0.167. The summed E-state index contributed by atoms with van der Waals surface area (Å²) in [5, 5.41) is 0. The fraction of sp³-hybridized carbons (Fsp3) is 0.689. The largest absolute Gasteiger partial charge is 0.462 e. The van der Waals surface area contributed by atoms with E-state index in [0.717, 1.165) is 154 Å². The smallest absolute Gasteiger partial charge is 0.306 e. The molecular formula is C74H124O6. The summed E-state index contributed by atoms with van der Waals surface area (Å²) < 4.78 is 16.9. The molecule has 0 spiro atoms. The first-order valence-electron chi connectivity index (χ1n) is 33.5. The first-order chi connectivity index (χ1) is 39.5. The zero-order chi connectivity index (χ0) is 57.8. The molecule has 0 aliphatic rings. The van der Waals surface area contributed by atoms with Crippen molar-refractivity contribution >= 4 is 17.9 Å². The van der Waals surface area contributed by atoms with E-state index in [9.17, 15) is 14.4 Å². The number of carbonyl (C=O) groups excluding carboxylic acids is 3. The maximum Gasteiger partial charge on any atom is 0.306 e. The van der Waals surface area contributed by atoms with Crippen LogP contribution in [0.5, 0.6) is 0 Å². The molecule has 6 heteroatoms. The van der Waals surface area contributed by atoms with Crippen LogP contribution in [0.1, 0.15) is 310 Å². The van der Waals surface area contributed by atoms with E-state index in [4.69, 9.17) is 14.2 Å². The Morgan fingerprint density at radius 1 is 0.263 bits per heavy atom. The molecule has 0 radical (unpaired) electrons. The highest BCUT2D eigenvalue weighted by atomic mass is 16.6. The van der Waals surface area contributed by atoms with Gasteiger partial charge in [0.2, 0.25) is 0 Å². The average molecular weight is 1110 g/mol. The number of rotatable bonds is 60. The van der Waals surface area contributed by atoms with Gasteiger partial charge in [-0.1, -0.05) is 290 Å². The van der Waals surface area contributed by atoms with Crippen LogP contribution in [-0.4, -0.2) is 37.2 Å². The van der Waals surface area contributed by atoms with Crippen LogP contribution in [0.3, 0.4) is 0 Å². The molecule has 0 aromatic heterocycles. The quantitative estimate of drug-likeness (QED) is 0.0261. The van der Waals surface area contributed by atoms with Gasteiger partial charge in [-0.25, -0.2) is 0 Å². The first-order valence-corrected chi connectivity index (χ1v) is 33.5. The number of hydrogen-bond donors (Lipinski definition) is 0. The molecule has 0 aromatic rings. The Balaban J connectivity index is 4.19. The summed E-state index contributed by atoms with van der Waals surface area (Å²) in [5.74, 6) is -0.913. The van der Waals surface area contributed by atoms with Crippen LogP contribution in [0.25, 0.3) is 0 Å². The van der Waals surface area contributed by atoms with Crippen molar-refractivity contribution in [3.8, 4) is 0 Å². The Bertz CT molecular complexity index is 1650. The monoisotopic (exact) mass is 1110 g/mol. The summed E-state index contributed by atoms with van der Waals surface area (Å²) in [6.45, 7) is 6.37. The van der Waals surface area contributed by atoms with Crippen molar-refractivity contribution in [2.24, 2.45) is 0 Å². The lowest BCUT2D eigenvalue weighted by atomic mass is 10.0. The molecule has 0 heterocycles. The van der Waals surface area contributed by atoms with Gasteiger partial charge in [0.15, 0.2) is 6.10 Å². The minimum absolute atomic E-state index is 0.0892. The van der Waals surface area contributed by atoms with Gasteiger partial charge in [0.25, 0.3) is 0 Å². The summed E-state index contributed by atoms with van der Waals surface area (Å²) in [6, 6.07) is 0. The van der Waals surface area contributed by atoms with E-state index >= 15 is 0 Å². The van der Waals surface area contributed by atoms with Crippen molar-refractivity contribution in [1.29, 1.82) is 0 Å². The van der Waals surface area contributed by atoms with E-state index in [1.54, 1.807) is 0 Å². The predicted octanol–water partition coefficient (Wildman–Crippen LogP) is 23.2. The Morgan fingerprint density at radius 3 is 0.762 bits per heavy atom. The highest BCUT2D eigenvalue weighted by Crippen LogP contribution is 2.17. The second-order valence-corrected chi connectivity index (χ2v) is 22.0. The van der Waals surface area contributed by atoms with E-state index in [0.29, 0.717) is 19.3 Å². The van der Waals surface area contributed by atoms with Gasteiger partial charge in [-0.2, -0.15) is 0 Å². The highest BCUT2D eigenvalue weighted by Gasteiger charge is 2.19. The molecule has 0 rings (SSSR count). The number of unbranched alkanes of at least 4 members (excludes halogenated alkanes) is 29. The molecule has 1 atom stereocenters. The Kier molecular flexibility index (Phi) is 63.8. The van der Waals surface area contributed by atoms with E-state index in [1.165, 1.54) is 116 Å². The Hall–Kier alpha value is -4.19. The summed E-state index contributed by atoms with van der Waals surface area (Å²) in [7, 11) is 0. The number of carbonyl (C=O) groups is 3. The van der Waals surface area contributed by atoms with Gasteiger partial charge < -0.3 is 14.2 Å². The minimum atomic E-state index is -0.795. The summed E-state index contributed by atoms with van der Waals surface area (Å²) in [5.41, 5.74) is 0. The van der Waals surface area contributed by atoms with Crippen LogP contribution >= 0.6 is 0 Å². The van der Waals surface area contributed by atoms with Crippen LogP contribution in [0.15, 0.2) is 122 Å². The number of ether oxygens (including phenoxy) is 3. The van der Waals surface area contributed by atoms with E-state index in [-0.39, 0.29) is 31.1 Å². The van der Waals surface area contributed by atoms with Gasteiger partial charge in [-0.3, -0.25) is 14.4 Å². The third-order valence-electron chi connectivity index (χ3n) is 14.2. The molecule has 0 saturated heterocycles. The third-order valence-corrected chi connectivity index (χ3v) is 14.2. The zero-order valence-corrected chi connectivity index (χ0v) is 52.3. The molecule has 0 bridgehead atoms. The van der Waals surface area contributed by atoms with Crippen LogP contribution in [0.2, 0.25) is 0 Å². The summed E-state index contributed by atoms with van der Waals surface area (Å²) in [6.07, 6.45) is 93.7. The van der Waals surface area contributed by atoms with Crippen molar-refractivity contribution < 1.29 is 28.6 Å². The zero-order valence-electron chi connectivity index (χ0n) is 52.3. The molecular weight excluding hydrogens is 985 g/mol. The van der Waals surface area contributed by atoms with Crippen LogP contribution in [-0.2, 0) is 28.6 Å². The van der Waals surface area contributed by atoms with Crippen molar-refractivity contribution in [2.75, 3.05) is 13.2 Å². The van der Waals surface area contributed by atoms with Gasteiger partial charge in [0, 0.05) is 19.3 Å². The third kappa shape index (κ3) is 64.6. The topological polar surface area (TPSA) is 78.9 Å². The Morgan fingerprint density at radius 2 is 0.487 bits per heavy atom. The van der Waals surface area contributed by atoms with Crippen molar-refractivity contribution in [2.45, 2.75) is 316 Å². The minimum Gasteiger partial charge on any atom is -0.462 e. The standard InChI is InChI=1S/C74H124O6/c1-4-7-10-13-16-19-22-25-28-29-30-31-32-33-34-35-36-37-38-39-40-41-42-43-44-45-47-49-52-55-58-61-64-67-73(76)79-70-71(69-78-72(75)66-63-60-57-54-51-48-27-24-21-18-15-12-9-6-3)80-74(77)68-65-62-59-56-53-50-46-26-23-20-17-14-11-8-5-2/h7-8,10-11,15-20,24-28,30-31,33-34,46,71H,4-6,9,12-14,21-23,29,32,35-45,47-70H2,1-3H3/b10-7-,11-8-,18-15-,19-16-,20-17-,27-24-,28-25-,31-30-,34-33-,46-26-. The van der Waals surface area contributed by atoms with E-state index in [1.807, 2.05) is 0 Å². The van der Waals surface area contributed by atoms with Crippen molar-refractivity contribution in [1.82, 2.24) is 0 Å². The van der Waals surface area contributed by atoms with Crippen LogP contribution in [0, 0.1) is 0 Å². The summed E-state index contributed by atoms with van der Waals surface area (Å²) in [4.78, 5) is 38.3. The molecule has 0 fully saturated rings. The molecule has 1 unspecified atom stereocenters. The molecule has 80 heavy (non-hydrogen) atoms. The number of esters is 3. The van der Waals surface area contributed by atoms with Gasteiger partial charge in [-0.05, 0) is 122 Å². The second kappa shape index (κ2) is 67.3. The molecule has 0 aliphatic heterocycles. The predicted molar refractivity (Wildman–Crippen MR) is 348 cm³/mol. The lowest BCUT2D eigenvalue weighted by Crippen LogP contribution is -2.30. The average Bonchev–Trinajstić information content (AvgIpc) is 3.46. The molecule has 6 nitrogen and oxygen atoms in total.